The molecule has 0 radical (unpaired) electrons. The number of nitrogens with zero attached hydrogens (tertiary/aromatic N) is 3. The predicted molar refractivity (Wildman–Crippen MR) is 56.7 cm³/mol. The number of hydrogen-bond donors (Lipinski definition) is 2. The van der Waals surface area contributed by atoms with Gasteiger partial charge in [-0.15, -0.1) is 10.2 Å². The molecule has 8 heteroatoms. The summed E-state index contributed by atoms with van der Waals surface area (Å²) in [5.74, 6) is -1.95. The highest BCUT2D eigenvalue weighted by Crippen LogP contribution is 2.06. The first kappa shape index (κ1) is 12.9. The minimum absolute atomic E-state index is 0.283. The van der Waals surface area contributed by atoms with Crippen molar-refractivity contribution in [1.29, 1.82) is 0 Å². The lowest BCUT2D eigenvalue weighted by Crippen LogP contribution is -2.41. The summed E-state index contributed by atoms with van der Waals surface area (Å²) >= 11 is 0. The van der Waals surface area contributed by atoms with Crippen LogP contribution in [0.2, 0.25) is 0 Å². The Balaban J connectivity index is 3.08. The molecule has 17 heavy (non-hydrogen) atoms. The first-order valence-electron chi connectivity index (χ1n) is 4.82. The molecule has 0 bridgehead atoms. The summed E-state index contributed by atoms with van der Waals surface area (Å²) in [7, 11) is 1.26. The number of rotatable bonds is 3. The van der Waals surface area contributed by atoms with E-state index in [4.69, 9.17) is 5.11 Å². The van der Waals surface area contributed by atoms with Crippen LogP contribution in [0.4, 0.5) is 0 Å². The summed E-state index contributed by atoms with van der Waals surface area (Å²) in [6, 6.07) is 0. The van der Waals surface area contributed by atoms with Gasteiger partial charge in [-0.25, -0.2) is 4.79 Å². The molecule has 0 aliphatic rings. The second-order valence-corrected chi connectivity index (χ2v) is 4.34. The summed E-state index contributed by atoms with van der Waals surface area (Å²) < 4.78 is 0. The normalized spacial score (nSPS) is 11.1. The Morgan fingerprint density at radius 1 is 1.29 bits per heavy atom. The van der Waals surface area contributed by atoms with Crippen LogP contribution >= 0.6 is 0 Å². The molecule has 0 fully saturated rings. The van der Waals surface area contributed by atoms with Crippen molar-refractivity contribution < 1.29 is 19.5 Å². The van der Waals surface area contributed by atoms with Crippen LogP contribution in [-0.2, 0) is 0 Å². The highest BCUT2D eigenvalue weighted by Gasteiger charge is 2.26. The number of aromatic nitrogens is 3. The van der Waals surface area contributed by atoms with Gasteiger partial charge in [-0.3, -0.25) is 4.79 Å². The van der Waals surface area contributed by atoms with Crippen LogP contribution in [0, 0.1) is 0 Å². The molecule has 0 atom stereocenters. The van der Waals surface area contributed by atoms with E-state index < -0.39 is 23.1 Å². The molecule has 0 saturated heterocycles. The summed E-state index contributed by atoms with van der Waals surface area (Å²) in [5.41, 5.74) is -1.23. The quantitative estimate of drug-likeness (QED) is 0.744. The van der Waals surface area contributed by atoms with Crippen molar-refractivity contribution >= 4 is 11.9 Å². The summed E-state index contributed by atoms with van der Waals surface area (Å²) in [4.78, 5) is 27.9. The molecule has 1 rings (SSSR count). The third kappa shape index (κ3) is 3.16. The standard InChI is InChI=1S/C9H14N4O4/c1-9(2,3)10-7(14)5-6(8(15)16)12-13(11-5)17-4/h1-4H3,(H,10,14)(H,15,16). The minimum atomic E-state index is -1.34. The number of aromatic carboxylic acids is 1. The van der Waals surface area contributed by atoms with Gasteiger partial charge in [-0.05, 0) is 25.7 Å². The molecule has 0 aromatic carbocycles. The highest BCUT2D eigenvalue weighted by molar-refractivity contribution is 6.02. The molecular weight excluding hydrogens is 228 g/mol. The number of carboxylic acids is 1. The van der Waals surface area contributed by atoms with Crippen LogP contribution in [-0.4, -0.2) is 44.8 Å². The van der Waals surface area contributed by atoms with Gasteiger partial charge < -0.3 is 15.3 Å². The second-order valence-electron chi connectivity index (χ2n) is 4.34. The van der Waals surface area contributed by atoms with E-state index in [2.05, 4.69) is 20.4 Å². The van der Waals surface area contributed by atoms with E-state index in [0.717, 1.165) is 0 Å². The van der Waals surface area contributed by atoms with E-state index in [1.807, 2.05) is 0 Å². The molecule has 0 unspecified atom stereocenters. The Morgan fingerprint density at radius 2 is 1.82 bits per heavy atom. The van der Waals surface area contributed by atoms with Crippen molar-refractivity contribution in [1.82, 2.24) is 20.5 Å². The number of carboxylic acid groups (broad SMARTS) is 1. The SMILES string of the molecule is COn1nc(C(=O)O)c(C(=O)NC(C)(C)C)n1. The molecule has 1 amide bonds. The third-order valence-electron chi connectivity index (χ3n) is 1.66. The van der Waals surface area contributed by atoms with Crippen LogP contribution in [0.25, 0.3) is 0 Å². The van der Waals surface area contributed by atoms with Crippen molar-refractivity contribution in [3.63, 3.8) is 0 Å². The average Bonchev–Trinajstić information content (AvgIpc) is 2.58. The lowest BCUT2D eigenvalue weighted by Gasteiger charge is -2.19. The molecule has 0 saturated carbocycles. The van der Waals surface area contributed by atoms with Gasteiger partial charge in [0, 0.05) is 5.54 Å². The number of hydrogen-bond acceptors (Lipinski definition) is 5. The van der Waals surface area contributed by atoms with Crippen LogP contribution in [0.1, 0.15) is 41.7 Å². The van der Waals surface area contributed by atoms with Crippen molar-refractivity contribution in [2.75, 3.05) is 7.11 Å². The minimum Gasteiger partial charge on any atom is -0.476 e. The van der Waals surface area contributed by atoms with Gasteiger partial charge in [0.25, 0.3) is 5.91 Å². The van der Waals surface area contributed by atoms with Crippen LogP contribution in [0.5, 0.6) is 0 Å². The van der Waals surface area contributed by atoms with Crippen LogP contribution < -0.4 is 10.2 Å². The number of carbonyl (C=O) groups is 2. The maximum absolute atomic E-state index is 11.8. The largest absolute Gasteiger partial charge is 0.476 e. The zero-order valence-corrected chi connectivity index (χ0v) is 10.0. The fourth-order valence-corrected chi connectivity index (χ4v) is 1.07. The lowest BCUT2D eigenvalue weighted by molar-refractivity contribution is 0.0667. The highest BCUT2D eigenvalue weighted by atomic mass is 16.7. The van der Waals surface area contributed by atoms with Crippen LogP contribution in [0.3, 0.4) is 0 Å². The van der Waals surface area contributed by atoms with Crippen LogP contribution in [0.15, 0.2) is 0 Å². The molecule has 8 nitrogen and oxygen atoms in total. The average molecular weight is 242 g/mol. The molecule has 1 aromatic rings. The fraction of sp³-hybridized carbons (Fsp3) is 0.556. The molecule has 0 aliphatic carbocycles. The van der Waals surface area contributed by atoms with Gasteiger partial charge in [0.2, 0.25) is 5.69 Å². The van der Waals surface area contributed by atoms with E-state index in [1.165, 1.54) is 7.11 Å². The molecule has 2 N–H and O–H groups in total. The van der Waals surface area contributed by atoms with E-state index in [9.17, 15) is 9.59 Å². The zero-order chi connectivity index (χ0) is 13.2. The maximum atomic E-state index is 11.8. The molecule has 0 aliphatic heterocycles. The molecular formula is C9H14N4O4. The van der Waals surface area contributed by atoms with Crippen molar-refractivity contribution in [3.05, 3.63) is 11.4 Å². The second kappa shape index (κ2) is 4.40. The lowest BCUT2D eigenvalue weighted by atomic mass is 10.1. The Hall–Kier alpha value is -2.12. The number of carbonyl (C=O) groups excluding carboxylic acids is 1. The van der Waals surface area contributed by atoms with E-state index in [-0.39, 0.29) is 5.69 Å². The monoisotopic (exact) mass is 242 g/mol. The number of nitrogens with one attached hydrogen (secondary N) is 1. The fourth-order valence-electron chi connectivity index (χ4n) is 1.07. The van der Waals surface area contributed by atoms with Gasteiger partial charge >= 0.3 is 5.97 Å². The van der Waals surface area contributed by atoms with Gasteiger partial charge in [-0.2, -0.15) is 0 Å². The van der Waals surface area contributed by atoms with E-state index in [1.54, 1.807) is 20.8 Å². The van der Waals surface area contributed by atoms with Crippen molar-refractivity contribution in [2.24, 2.45) is 0 Å². The zero-order valence-electron chi connectivity index (χ0n) is 10.0. The summed E-state index contributed by atoms with van der Waals surface area (Å²) in [5, 5.41) is 18.6. The summed E-state index contributed by atoms with van der Waals surface area (Å²) in [6.45, 7) is 5.31. The molecule has 0 spiro atoms. The van der Waals surface area contributed by atoms with E-state index in [0.29, 0.717) is 4.96 Å². The predicted octanol–water partition coefficient (Wildman–Crippen LogP) is -0.437. The number of amides is 1. The van der Waals surface area contributed by atoms with Crippen molar-refractivity contribution in [2.45, 2.75) is 26.3 Å². The van der Waals surface area contributed by atoms with E-state index >= 15 is 0 Å². The maximum Gasteiger partial charge on any atom is 0.359 e. The molecule has 1 aromatic heterocycles. The topological polar surface area (TPSA) is 106 Å². The Morgan fingerprint density at radius 3 is 2.24 bits per heavy atom. The first-order chi connectivity index (χ1) is 7.74. The Labute approximate surface area is 97.5 Å². The Kier molecular flexibility index (Phi) is 3.35. The van der Waals surface area contributed by atoms with Gasteiger partial charge in [0.15, 0.2) is 5.69 Å². The summed E-state index contributed by atoms with van der Waals surface area (Å²) in [6.07, 6.45) is 0. The first-order valence-corrected chi connectivity index (χ1v) is 4.82. The molecule has 94 valence electrons. The van der Waals surface area contributed by atoms with Gasteiger partial charge in [0.1, 0.15) is 7.11 Å². The molecule has 1 heterocycles. The Bertz CT molecular complexity index is 446. The third-order valence-corrected chi connectivity index (χ3v) is 1.66. The van der Waals surface area contributed by atoms with Gasteiger partial charge in [-0.1, -0.05) is 0 Å². The van der Waals surface area contributed by atoms with Gasteiger partial charge in [0.05, 0.1) is 0 Å². The smallest absolute Gasteiger partial charge is 0.359 e. The van der Waals surface area contributed by atoms with Crippen molar-refractivity contribution in [3.8, 4) is 0 Å².